The summed E-state index contributed by atoms with van der Waals surface area (Å²) >= 11 is 0. The Hall–Kier alpha value is -0.130. The average molecular weight is 223 g/mol. The lowest BCUT2D eigenvalue weighted by Crippen LogP contribution is -2.43. The van der Waals surface area contributed by atoms with E-state index in [-0.39, 0.29) is 12.6 Å². The van der Waals surface area contributed by atoms with Gasteiger partial charge in [0.1, 0.15) is 0 Å². The van der Waals surface area contributed by atoms with Gasteiger partial charge in [-0.3, -0.25) is 0 Å². The molecule has 0 heterocycles. The minimum atomic E-state index is -3.33. The van der Waals surface area contributed by atoms with E-state index in [1.807, 2.05) is 20.8 Å². The molecule has 0 spiro atoms. The van der Waals surface area contributed by atoms with Crippen molar-refractivity contribution in [3.63, 3.8) is 0 Å². The van der Waals surface area contributed by atoms with Crippen LogP contribution in [-0.2, 0) is 10.0 Å². The van der Waals surface area contributed by atoms with Crippen LogP contribution in [0.5, 0.6) is 0 Å². The van der Waals surface area contributed by atoms with Gasteiger partial charge in [-0.1, -0.05) is 6.92 Å². The predicted molar refractivity (Wildman–Crippen MR) is 57.6 cm³/mol. The van der Waals surface area contributed by atoms with Crippen LogP contribution < -0.4 is 0 Å². The Labute approximate surface area is 87.0 Å². The van der Waals surface area contributed by atoms with Crippen molar-refractivity contribution in [1.82, 2.24) is 4.31 Å². The lowest BCUT2D eigenvalue weighted by Gasteiger charge is -2.27. The lowest BCUT2D eigenvalue weighted by atomic mass is 10.4. The molecule has 14 heavy (non-hydrogen) atoms. The van der Waals surface area contributed by atoms with E-state index in [2.05, 4.69) is 0 Å². The minimum absolute atomic E-state index is 0.0473. The number of nitrogens with zero attached hydrogens (tertiary/aromatic N) is 1. The van der Waals surface area contributed by atoms with Crippen LogP contribution in [-0.4, -0.2) is 42.3 Å². The van der Waals surface area contributed by atoms with E-state index < -0.39 is 15.3 Å². The number of rotatable bonds is 6. The smallest absolute Gasteiger partial charge is 0.219 e. The Morgan fingerprint density at radius 1 is 1.29 bits per heavy atom. The third kappa shape index (κ3) is 3.22. The molecule has 86 valence electrons. The van der Waals surface area contributed by atoms with E-state index in [0.717, 1.165) is 6.42 Å². The van der Waals surface area contributed by atoms with Gasteiger partial charge in [-0.25, -0.2) is 8.42 Å². The molecule has 1 N–H and O–H groups in total. The van der Waals surface area contributed by atoms with Gasteiger partial charge in [0.2, 0.25) is 10.0 Å². The van der Waals surface area contributed by atoms with Crippen LogP contribution in [0.25, 0.3) is 0 Å². The van der Waals surface area contributed by atoms with Gasteiger partial charge in [-0.15, -0.1) is 0 Å². The molecular formula is C9H21NO3S. The molecule has 0 aliphatic heterocycles. The van der Waals surface area contributed by atoms with Crippen molar-refractivity contribution in [2.75, 3.05) is 13.2 Å². The second-order valence-corrected chi connectivity index (χ2v) is 6.05. The topological polar surface area (TPSA) is 57.6 Å². The maximum Gasteiger partial charge on any atom is 0.219 e. The van der Waals surface area contributed by atoms with Crippen molar-refractivity contribution in [2.24, 2.45) is 0 Å². The second kappa shape index (κ2) is 5.68. The van der Waals surface area contributed by atoms with Gasteiger partial charge in [0.25, 0.3) is 0 Å². The first kappa shape index (κ1) is 13.9. The summed E-state index contributed by atoms with van der Waals surface area (Å²) in [6, 6.07) is -0.0473. The summed E-state index contributed by atoms with van der Waals surface area (Å²) in [5.74, 6) is 0. The SMILES string of the molecule is CCCN(C(C)C)S(=O)(=O)C(C)CO. The van der Waals surface area contributed by atoms with Crippen LogP contribution in [0.1, 0.15) is 34.1 Å². The standard InChI is InChI=1S/C9H21NO3S/c1-5-6-10(8(2)3)14(12,13)9(4)7-11/h8-9,11H,5-7H2,1-4H3. The molecule has 0 aliphatic carbocycles. The van der Waals surface area contributed by atoms with Crippen molar-refractivity contribution in [2.45, 2.75) is 45.4 Å². The number of hydrogen-bond acceptors (Lipinski definition) is 3. The van der Waals surface area contributed by atoms with Crippen molar-refractivity contribution < 1.29 is 13.5 Å². The van der Waals surface area contributed by atoms with Crippen molar-refractivity contribution in [1.29, 1.82) is 0 Å². The van der Waals surface area contributed by atoms with E-state index in [1.165, 1.54) is 11.2 Å². The molecule has 0 radical (unpaired) electrons. The Morgan fingerprint density at radius 3 is 2.07 bits per heavy atom. The first-order valence-corrected chi connectivity index (χ1v) is 6.49. The zero-order chi connectivity index (χ0) is 11.4. The van der Waals surface area contributed by atoms with E-state index in [4.69, 9.17) is 5.11 Å². The van der Waals surface area contributed by atoms with Gasteiger partial charge >= 0.3 is 0 Å². The molecule has 0 aromatic carbocycles. The highest BCUT2D eigenvalue weighted by Gasteiger charge is 2.29. The highest BCUT2D eigenvalue weighted by atomic mass is 32.2. The number of aliphatic hydroxyl groups excluding tert-OH is 1. The minimum Gasteiger partial charge on any atom is -0.395 e. The molecule has 0 rings (SSSR count). The molecule has 1 atom stereocenters. The molecule has 0 aromatic heterocycles. The fourth-order valence-corrected chi connectivity index (χ4v) is 2.90. The molecule has 0 fully saturated rings. The molecule has 0 saturated carbocycles. The predicted octanol–water partition coefficient (Wildman–Crippen LogP) is 0.817. The van der Waals surface area contributed by atoms with Crippen molar-refractivity contribution in [3.05, 3.63) is 0 Å². The summed E-state index contributed by atoms with van der Waals surface area (Å²) in [7, 11) is -3.33. The van der Waals surface area contributed by atoms with Crippen molar-refractivity contribution >= 4 is 10.0 Å². The summed E-state index contributed by atoms with van der Waals surface area (Å²) < 4.78 is 25.2. The van der Waals surface area contributed by atoms with Gasteiger partial charge < -0.3 is 5.11 Å². The molecular weight excluding hydrogens is 202 g/mol. The highest BCUT2D eigenvalue weighted by molar-refractivity contribution is 7.89. The zero-order valence-corrected chi connectivity index (χ0v) is 10.2. The Bertz CT molecular complexity index is 249. The first-order valence-electron chi connectivity index (χ1n) is 4.99. The van der Waals surface area contributed by atoms with Crippen LogP contribution in [0.15, 0.2) is 0 Å². The fourth-order valence-electron chi connectivity index (χ4n) is 1.22. The third-order valence-electron chi connectivity index (χ3n) is 2.11. The van der Waals surface area contributed by atoms with E-state index in [0.29, 0.717) is 6.54 Å². The molecule has 0 aliphatic rings. The number of sulfonamides is 1. The number of hydrogen-bond donors (Lipinski definition) is 1. The molecule has 0 bridgehead atoms. The van der Waals surface area contributed by atoms with Crippen molar-refractivity contribution in [3.8, 4) is 0 Å². The van der Waals surface area contributed by atoms with Gasteiger partial charge in [-0.2, -0.15) is 4.31 Å². The molecule has 1 unspecified atom stereocenters. The maximum absolute atomic E-state index is 11.9. The summed E-state index contributed by atoms with van der Waals surface area (Å²) in [5.41, 5.74) is 0. The summed E-state index contributed by atoms with van der Waals surface area (Å²) in [6.45, 7) is 7.35. The maximum atomic E-state index is 11.9. The van der Waals surface area contributed by atoms with Crippen LogP contribution in [0.3, 0.4) is 0 Å². The van der Waals surface area contributed by atoms with Gasteiger partial charge in [0, 0.05) is 12.6 Å². The van der Waals surface area contributed by atoms with Crippen LogP contribution in [0.2, 0.25) is 0 Å². The average Bonchev–Trinajstić information content (AvgIpc) is 2.11. The normalized spacial score (nSPS) is 15.1. The summed E-state index contributed by atoms with van der Waals surface area (Å²) in [6.07, 6.45) is 0.787. The largest absolute Gasteiger partial charge is 0.395 e. The molecule has 0 aromatic rings. The fraction of sp³-hybridized carbons (Fsp3) is 1.00. The third-order valence-corrected chi connectivity index (χ3v) is 4.54. The van der Waals surface area contributed by atoms with Gasteiger partial charge in [-0.05, 0) is 27.2 Å². The Morgan fingerprint density at radius 2 is 1.79 bits per heavy atom. The van der Waals surface area contributed by atoms with Crippen LogP contribution in [0, 0.1) is 0 Å². The highest BCUT2D eigenvalue weighted by Crippen LogP contribution is 2.13. The van der Waals surface area contributed by atoms with E-state index in [1.54, 1.807) is 0 Å². The van der Waals surface area contributed by atoms with Gasteiger partial charge in [0.15, 0.2) is 0 Å². The monoisotopic (exact) mass is 223 g/mol. The Kier molecular flexibility index (Phi) is 5.63. The lowest BCUT2D eigenvalue weighted by molar-refractivity contribution is 0.283. The molecule has 5 heteroatoms. The molecule has 0 saturated heterocycles. The summed E-state index contributed by atoms with van der Waals surface area (Å²) in [5, 5.41) is 8.15. The van der Waals surface area contributed by atoms with Gasteiger partial charge in [0.05, 0.1) is 11.9 Å². The summed E-state index contributed by atoms with van der Waals surface area (Å²) in [4.78, 5) is 0. The second-order valence-electron chi connectivity index (χ2n) is 3.74. The Balaban J connectivity index is 4.81. The first-order chi connectivity index (χ1) is 6.37. The molecule has 0 amide bonds. The van der Waals surface area contributed by atoms with E-state index in [9.17, 15) is 8.42 Å². The van der Waals surface area contributed by atoms with E-state index >= 15 is 0 Å². The van der Waals surface area contributed by atoms with Crippen LogP contribution in [0.4, 0.5) is 0 Å². The molecule has 4 nitrogen and oxygen atoms in total. The zero-order valence-electron chi connectivity index (χ0n) is 9.40. The number of aliphatic hydroxyl groups is 1. The van der Waals surface area contributed by atoms with Crippen LogP contribution >= 0.6 is 0 Å². The quantitative estimate of drug-likeness (QED) is 0.725.